The maximum absolute atomic E-state index is 13.3. The van der Waals surface area contributed by atoms with E-state index >= 15 is 0 Å². The van der Waals surface area contributed by atoms with E-state index in [-0.39, 0.29) is 0 Å². The summed E-state index contributed by atoms with van der Waals surface area (Å²) >= 11 is 0. The molecule has 0 spiro atoms. The van der Waals surface area contributed by atoms with Crippen LogP contribution in [0.5, 0.6) is 11.5 Å². The lowest BCUT2D eigenvalue weighted by molar-refractivity contribution is -0.123. The van der Waals surface area contributed by atoms with Crippen molar-refractivity contribution in [3.63, 3.8) is 0 Å². The maximum atomic E-state index is 13.3. The van der Waals surface area contributed by atoms with E-state index < -0.39 is 18.0 Å². The first-order valence-corrected chi connectivity index (χ1v) is 11.9. The fourth-order valence-electron chi connectivity index (χ4n) is 4.37. The molecule has 0 aliphatic rings. The molecular weight excluding hydrogens is 468 g/mol. The van der Waals surface area contributed by atoms with Crippen LogP contribution in [0.3, 0.4) is 0 Å². The molecule has 1 heterocycles. The Morgan fingerprint density at radius 3 is 2.22 bits per heavy atom. The highest BCUT2D eigenvalue weighted by molar-refractivity contribution is 6.06. The number of carbonyl (C=O) groups excluding carboxylic acids is 2. The second-order valence-corrected chi connectivity index (χ2v) is 8.95. The molecule has 1 atom stereocenters. The van der Waals surface area contributed by atoms with Gasteiger partial charge in [-0.15, -0.1) is 0 Å². The minimum Gasteiger partial charge on any atom is -0.493 e. The lowest BCUT2D eigenvalue weighted by Crippen LogP contribution is -2.30. The van der Waals surface area contributed by atoms with Gasteiger partial charge in [0.2, 0.25) is 0 Å². The molecule has 4 aromatic rings. The molecule has 1 aromatic heterocycles. The fraction of sp³-hybridized carbons (Fsp3) is 0.233. The van der Waals surface area contributed by atoms with Crippen molar-refractivity contribution in [3.8, 4) is 22.8 Å². The van der Waals surface area contributed by atoms with Crippen LogP contribution in [0.4, 0.5) is 5.69 Å². The summed E-state index contributed by atoms with van der Waals surface area (Å²) in [6, 6.07) is 18.4. The summed E-state index contributed by atoms with van der Waals surface area (Å²) in [4.78, 5) is 31.0. The SMILES string of the molecule is COc1ccc(-c2cc(C(=O)OC(C)C(=O)Nc3c(C)cc(C)cc3C)c3ccccc3n2)cc1OC. The molecule has 1 amide bonds. The Morgan fingerprint density at radius 2 is 1.54 bits per heavy atom. The van der Waals surface area contributed by atoms with Crippen LogP contribution < -0.4 is 14.8 Å². The second kappa shape index (κ2) is 10.7. The van der Waals surface area contributed by atoms with Crippen molar-refractivity contribution in [2.45, 2.75) is 33.8 Å². The summed E-state index contributed by atoms with van der Waals surface area (Å²) in [6.07, 6.45) is -1.01. The van der Waals surface area contributed by atoms with Gasteiger partial charge in [-0.1, -0.05) is 35.9 Å². The first kappa shape index (κ1) is 25.7. The normalized spacial score (nSPS) is 11.6. The van der Waals surface area contributed by atoms with Crippen LogP contribution in [-0.4, -0.2) is 37.2 Å². The van der Waals surface area contributed by atoms with Gasteiger partial charge in [0.05, 0.1) is 31.0 Å². The number of fused-ring (bicyclic) bond motifs is 1. The quantitative estimate of drug-likeness (QED) is 0.313. The topological polar surface area (TPSA) is 86.8 Å². The highest BCUT2D eigenvalue weighted by Gasteiger charge is 2.23. The molecule has 7 nitrogen and oxygen atoms in total. The van der Waals surface area contributed by atoms with Crippen molar-refractivity contribution in [3.05, 3.63) is 82.9 Å². The molecule has 0 saturated heterocycles. The third-order valence-corrected chi connectivity index (χ3v) is 6.19. The lowest BCUT2D eigenvalue weighted by atomic mass is 10.0. The molecule has 0 saturated carbocycles. The lowest BCUT2D eigenvalue weighted by Gasteiger charge is -2.17. The number of ether oxygens (including phenoxy) is 3. The van der Waals surface area contributed by atoms with Crippen LogP contribution in [0.15, 0.2) is 60.7 Å². The number of benzene rings is 3. The molecule has 190 valence electrons. The number of para-hydroxylation sites is 1. The molecule has 1 N–H and O–H groups in total. The van der Waals surface area contributed by atoms with Gasteiger partial charge in [-0.3, -0.25) is 4.79 Å². The van der Waals surface area contributed by atoms with Crippen molar-refractivity contribution in [2.75, 3.05) is 19.5 Å². The van der Waals surface area contributed by atoms with Crippen LogP contribution in [0.25, 0.3) is 22.2 Å². The number of carbonyl (C=O) groups is 2. The van der Waals surface area contributed by atoms with Crippen molar-refractivity contribution in [1.82, 2.24) is 4.98 Å². The number of anilines is 1. The van der Waals surface area contributed by atoms with Crippen molar-refractivity contribution in [2.24, 2.45) is 0 Å². The van der Waals surface area contributed by atoms with E-state index in [4.69, 9.17) is 19.2 Å². The van der Waals surface area contributed by atoms with Gasteiger partial charge in [0.25, 0.3) is 5.91 Å². The zero-order chi connectivity index (χ0) is 26.7. The summed E-state index contributed by atoms with van der Waals surface area (Å²) in [6.45, 7) is 7.44. The first-order chi connectivity index (χ1) is 17.7. The first-order valence-electron chi connectivity index (χ1n) is 11.9. The summed E-state index contributed by atoms with van der Waals surface area (Å²) in [5.74, 6) is 0.124. The van der Waals surface area contributed by atoms with Crippen LogP contribution >= 0.6 is 0 Å². The highest BCUT2D eigenvalue weighted by Crippen LogP contribution is 2.33. The van der Waals surface area contributed by atoms with E-state index in [9.17, 15) is 9.59 Å². The van der Waals surface area contributed by atoms with Gasteiger partial charge in [-0.2, -0.15) is 0 Å². The van der Waals surface area contributed by atoms with Crippen LogP contribution in [0.2, 0.25) is 0 Å². The van der Waals surface area contributed by atoms with E-state index in [1.165, 1.54) is 0 Å². The molecule has 7 heteroatoms. The number of hydrogen-bond donors (Lipinski definition) is 1. The Morgan fingerprint density at radius 1 is 0.865 bits per heavy atom. The van der Waals surface area contributed by atoms with Gasteiger partial charge >= 0.3 is 5.97 Å². The average molecular weight is 499 g/mol. The number of esters is 1. The fourth-order valence-corrected chi connectivity index (χ4v) is 4.37. The number of hydrogen-bond acceptors (Lipinski definition) is 6. The van der Waals surface area contributed by atoms with Gasteiger partial charge in [-0.05, 0) is 69.2 Å². The number of nitrogens with zero attached hydrogens (tertiary/aromatic N) is 1. The Labute approximate surface area is 216 Å². The standard InChI is InChI=1S/C30H30N2O5/c1-17-13-18(2)28(19(3)14-17)32-29(33)20(4)37-30(34)23-16-25(31-24-10-8-7-9-22(23)24)21-11-12-26(35-5)27(15-21)36-6/h7-16,20H,1-6H3,(H,32,33). The van der Waals surface area contributed by atoms with Gasteiger partial charge in [0, 0.05) is 16.6 Å². The smallest absolute Gasteiger partial charge is 0.339 e. The minimum absolute atomic E-state index is 0.317. The van der Waals surface area contributed by atoms with Gasteiger partial charge in [-0.25, -0.2) is 9.78 Å². The predicted octanol–water partition coefficient (Wildman–Crippen LogP) is 6.03. The van der Waals surface area contributed by atoms with Crippen molar-refractivity contribution >= 4 is 28.5 Å². The van der Waals surface area contributed by atoms with Gasteiger partial charge in [0.15, 0.2) is 17.6 Å². The Balaban J connectivity index is 1.64. The number of aryl methyl sites for hydroxylation is 3. The second-order valence-electron chi connectivity index (χ2n) is 8.95. The molecule has 0 radical (unpaired) electrons. The largest absolute Gasteiger partial charge is 0.493 e. The van der Waals surface area contributed by atoms with E-state index in [0.29, 0.717) is 33.7 Å². The summed E-state index contributed by atoms with van der Waals surface area (Å²) in [5.41, 5.74) is 5.99. The molecule has 4 rings (SSSR count). The van der Waals surface area contributed by atoms with Gasteiger partial charge < -0.3 is 19.5 Å². The molecular formula is C30H30N2O5. The van der Waals surface area contributed by atoms with Crippen LogP contribution in [0, 0.1) is 20.8 Å². The molecule has 37 heavy (non-hydrogen) atoms. The zero-order valence-corrected chi connectivity index (χ0v) is 21.8. The minimum atomic E-state index is -1.01. The van der Waals surface area contributed by atoms with E-state index in [1.54, 1.807) is 45.4 Å². The number of aromatic nitrogens is 1. The highest BCUT2D eigenvalue weighted by atomic mass is 16.5. The van der Waals surface area contributed by atoms with Crippen LogP contribution in [0.1, 0.15) is 34.0 Å². The Hall–Kier alpha value is -4.39. The van der Waals surface area contributed by atoms with E-state index in [2.05, 4.69) is 5.32 Å². The summed E-state index contributed by atoms with van der Waals surface area (Å²) in [7, 11) is 3.13. The monoisotopic (exact) mass is 498 g/mol. The zero-order valence-electron chi connectivity index (χ0n) is 21.8. The number of amides is 1. The van der Waals surface area contributed by atoms with Crippen molar-refractivity contribution < 1.29 is 23.8 Å². The number of rotatable bonds is 7. The van der Waals surface area contributed by atoms with Gasteiger partial charge in [0.1, 0.15) is 0 Å². The molecule has 3 aromatic carbocycles. The molecule has 0 bridgehead atoms. The van der Waals surface area contributed by atoms with Crippen LogP contribution in [-0.2, 0) is 9.53 Å². The summed E-state index contributed by atoms with van der Waals surface area (Å²) < 4.78 is 16.4. The Kier molecular flexibility index (Phi) is 7.43. The number of nitrogens with one attached hydrogen (secondary N) is 1. The molecule has 1 unspecified atom stereocenters. The third kappa shape index (κ3) is 5.40. The maximum Gasteiger partial charge on any atom is 0.339 e. The number of pyridine rings is 1. The van der Waals surface area contributed by atoms with Crippen molar-refractivity contribution in [1.29, 1.82) is 0 Å². The average Bonchev–Trinajstić information content (AvgIpc) is 2.89. The predicted molar refractivity (Wildman–Crippen MR) is 144 cm³/mol. The van der Waals surface area contributed by atoms with E-state index in [1.807, 2.05) is 57.2 Å². The molecule has 0 fully saturated rings. The Bertz CT molecular complexity index is 1470. The molecule has 0 aliphatic carbocycles. The van der Waals surface area contributed by atoms with E-state index in [0.717, 1.165) is 27.9 Å². The number of methoxy groups -OCH3 is 2. The molecule has 0 aliphatic heterocycles. The summed E-state index contributed by atoms with van der Waals surface area (Å²) in [5, 5.41) is 3.54. The third-order valence-electron chi connectivity index (χ3n) is 6.19.